The number of ether oxygens (including phenoxy) is 1. The van der Waals surface area contributed by atoms with Crippen molar-refractivity contribution in [2.75, 3.05) is 0 Å². The van der Waals surface area contributed by atoms with Crippen LogP contribution in [0.15, 0.2) is 60.7 Å². The Morgan fingerprint density at radius 2 is 1.11 bits per heavy atom. The number of aryl methyl sites for hydroxylation is 2. The first-order valence-corrected chi connectivity index (χ1v) is 14.1. The van der Waals surface area contributed by atoms with E-state index in [1.165, 1.54) is 12.5 Å². The van der Waals surface area contributed by atoms with Gasteiger partial charge in [-0.15, -0.1) is 0 Å². The van der Waals surface area contributed by atoms with Crippen molar-refractivity contribution in [3.05, 3.63) is 134 Å². The Labute approximate surface area is 264 Å². The number of unbranched alkanes of at least 4 members (excludes halogenated alkanes) is 2. The molecule has 11 heteroatoms. The number of alkyl halides is 5. The van der Waals surface area contributed by atoms with Crippen LogP contribution >= 0.6 is 0 Å². The Bertz CT molecular complexity index is 1830. The highest BCUT2D eigenvalue weighted by Crippen LogP contribution is 2.39. The summed E-state index contributed by atoms with van der Waals surface area (Å²) in [5, 5.41) is 0. The first-order chi connectivity index (χ1) is 22.1. The fourth-order valence-corrected chi connectivity index (χ4v) is 4.59. The van der Waals surface area contributed by atoms with Crippen LogP contribution < -0.4 is 4.74 Å². The molecule has 4 aromatic carbocycles. The minimum Gasteiger partial charge on any atom is -0.429 e. The molecule has 4 rings (SSSR count). The minimum absolute atomic E-state index is 0.142. The van der Waals surface area contributed by atoms with E-state index in [4.69, 9.17) is 0 Å². The predicted octanol–water partition coefficient (Wildman–Crippen LogP) is 10.4. The summed E-state index contributed by atoms with van der Waals surface area (Å²) in [6.07, 6.45) is -6.07. The van der Waals surface area contributed by atoms with Crippen LogP contribution in [0.5, 0.6) is 5.75 Å². The molecule has 0 radical (unpaired) electrons. The van der Waals surface area contributed by atoms with Gasteiger partial charge in [-0.2, -0.15) is 22.0 Å². The lowest BCUT2D eigenvalue weighted by molar-refractivity contribution is -0.189. The van der Waals surface area contributed by atoms with E-state index in [1.54, 1.807) is 6.07 Å². The number of hydrogen-bond donors (Lipinski definition) is 0. The van der Waals surface area contributed by atoms with E-state index in [0.29, 0.717) is 23.3 Å². The zero-order valence-corrected chi connectivity index (χ0v) is 24.8. The second-order valence-electron chi connectivity index (χ2n) is 10.5. The van der Waals surface area contributed by atoms with Crippen molar-refractivity contribution in [3.63, 3.8) is 0 Å². The number of rotatable bonds is 7. The van der Waals surface area contributed by atoms with Crippen molar-refractivity contribution in [1.82, 2.24) is 0 Å². The molecule has 0 atom stereocenters. The monoisotopic (exact) mass is 662 g/mol. The first kappa shape index (κ1) is 35.0. The molecule has 0 aliphatic rings. The van der Waals surface area contributed by atoms with Crippen molar-refractivity contribution in [2.24, 2.45) is 0 Å². The van der Waals surface area contributed by atoms with E-state index in [2.05, 4.69) is 35.3 Å². The van der Waals surface area contributed by atoms with Crippen LogP contribution in [0, 0.1) is 59.7 Å². The Balaban J connectivity index is 1.53. The van der Waals surface area contributed by atoms with E-state index in [9.17, 15) is 43.9 Å². The molecule has 47 heavy (non-hydrogen) atoms. The van der Waals surface area contributed by atoms with Crippen molar-refractivity contribution < 1.29 is 48.6 Å². The quantitative estimate of drug-likeness (QED) is 0.109. The van der Waals surface area contributed by atoms with Gasteiger partial charge in [0.25, 0.3) is 0 Å². The van der Waals surface area contributed by atoms with Crippen LogP contribution in [-0.4, -0.2) is 0 Å². The Morgan fingerprint density at radius 3 is 1.66 bits per heavy atom. The molecule has 0 N–H and O–H groups in total. The normalized spacial score (nSPS) is 11.4. The van der Waals surface area contributed by atoms with Gasteiger partial charge in [-0.1, -0.05) is 55.6 Å². The lowest BCUT2D eigenvalue weighted by Gasteiger charge is -2.20. The van der Waals surface area contributed by atoms with Gasteiger partial charge in [0.1, 0.15) is 46.0 Å². The Morgan fingerprint density at radius 1 is 0.596 bits per heavy atom. The van der Waals surface area contributed by atoms with Crippen LogP contribution in [0.25, 0.3) is 0 Å². The van der Waals surface area contributed by atoms with Crippen molar-refractivity contribution >= 4 is 0 Å². The summed E-state index contributed by atoms with van der Waals surface area (Å²) in [4.78, 5) is 0. The van der Waals surface area contributed by atoms with Crippen molar-refractivity contribution in [1.29, 1.82) is 0 Å². The van der Waals surface area contributed by atoms with Crippen LogP contribution in [0.4, 0.5) is 43.9 Å². The SMILES string of the molecule is CCCCCc1ccc(C#Cc2cc(C)c(C#Cc3cc(F)c(C(F)(F)Oc4cc(F)c(C(F)(F)F)c(F)c4)c(F)c3)c(F)c2)cc1. The molecule has 0 aromatic heterocycles. The van der Waals surface area contributed by atoms with Crippen LogP contribution in [0.3, 0.4) is 0 Å². The Kier molecular flexibility index (Phi) is 10.6. The summed E-state index contributed by atoms with van der Waals surface area (Å²) in [7, 11) is 0. The van der Waals surface area contributed by atoms with Gasteiger partial charge in [0.05, 0.1) is 5.56 Å². The molecular weight excluding hydrogens is 638 g/mol. The Hall–Kier alpha value is -4.90. The molecule has 0 amide bonds. The maximum atomic E-state index is 14.9. The molecular formula is C36H24F10O. The summed E-state index contributed by atoms with van der Waals surface area (Å²) in [5.74, 6) is -0.0795. The predicted molar refractivity (Wildman–Crippen MR) is 155 cm³/mol. The minimum atomic E-state index is -5.48. The number of benzene rings is 4. The smallest absolute Gasteiger partial charge is 0.429 e. The summed E-state index contributed by atoms with van der Waals surface area (Å²) in [5.41, 5.74) is -2.38. The van der Waals surface area contributed by atoms with E-state index < -0.39 is 63.8 Å². The molecule has 0 aliphatic heterocycles. The zero-order valence-electron chi connectivity index (χ0n) is 24.8. The highest BCUT2D eigenvalue weighted by molar-refractivity contribution is 5.52. The number of halogens is 10. The third-order valence-corrected chi connectivity index (χ3v) is 6.87. The molecule has 0 unspecified atom stereocenters. The summed E-state index contributed by atoms with van der Waals surface area (Å²) in [6, 6.07) is 10.8. The molecule has 0 bridgehead atoms. The van der Waals surface area contributed by atoms with Crippen LogP contribution in [-0.2, 0) is 18.7 Å². The van der Waals surface area contributed by atoms with E-state index in [-0.39, 0.29) is 17.7 Å². The highest BCUT2D eigenvalue weighted by atomic mass is 19.4. The maximum Gasteiger partial charge on any atom is 0.432 e. The largest absolute Gasteiger partial charge is 0.432 e. The van der Waals surface area contributed by atoms with Crippen LogP contribution in [0.2, 0.25) is 0 Å². The lowest BCUT2D eigenvalue weighted by atomic mass is 10.0. The topological polar surface area (TPSA) is 9.23 Å². The first-order valence-electron chi connectivity index (χ1n) is 14.1. The van der Waals surface area contributed by atoms with Crippen molar-refractivity contribution in [2.45, 2.75) is 51.8 Å². The molecule has 244 valence electrons. The fourth-order valence-electron chi connectivity index (χ4n) is 4.59. The summed E-state index contributed by atoms with van der Waals surface area (Å²) >= 11 is 0. The van der Waals surface area contributed by atoms with Gasteiger partial charge in [-0.05, 0) is 67.3 Å². The van der Waals surface area contributed by atoms with Gasteiger partial charge in [-0.3, -0.25) is 0 Å². The third-order valence-electron chi connectivity index (χ3n) is 6.87. The average Bonchev–Trinajstić information content (AvgIpc) is 2.94. The van der Waals surface area contributed by atoms with Gasteiger partial charge < -0.3 is 4.74 Å². The lowest BCUT2D eigenvalue weighted by Crippen LogP contribution is -2.25. The molecule has 0 spiro atoms. The summed E-state index contributed by atoms with van der Waals surface area (Å²) in [6.45, 7) is 3.66. The number of hydrogen-bond acceptors (Lipinski definition) is 1. The van der Waals surface area contributed by atoms with Gasteiger partial charge in [0.15, 0.2) is 0 Å². The maximum absolute atomic E-state index is 14.9. The standard InChI is InChI=1S/C36H24F10O/c1-3-4-5-6-22-7-9-23(10-8-22)11-12-24-15-21(2)27(28(37)16-24)14-13-25-17-29(38)34(30(39)18-25)36(45,46)47-26-19-31(40)33(32(41)20-26)35(42,43)44/h7-10,15-20H,3-6H2,1-2H3. The van der Waals surface area contributed by atoms with Gasteiger partial charge in [0, 0.05) is 28.8 Å². The van der Waals surface area contributed by atoms with Gasteiger partial charge in [0.2, 0.25) is 0 Å². The van der Waals surface area contributed by atoms with Crippen molar-refractivity contribution in [3.8, 4) is 29.4 Å². The third kappa shape index (κ3) is 8.68. The molecule has 0 aliphatic carbocycles. The second-order valence-corrected chi connectivity index (χ2v) is 10.5. The molecule has 0 saturated heterocycles. The average molecular weight is 663 g/mol. The zero-order chi connectivity index (χ0) is 34.5. The van der Waals surface area contributed by atoms with Gasteiger partial charge >= 0.3 is 12.3 Å². The second kappa shape index (κ2) is 14.3. The highest BCUT2D eigenvalue weighted by Gasteiger charge is 2.43. The molecule has 4 aromatic rings. The van der Waals surface area contributed by atoms with Crippen LogP contribution in [0.1, 0.15) is 70.7 Å². The molecule has 0 saturated carbocycles. The fraction of sp³-hybridized carbons (Fsp3) is 0.222. The van der Waals surface area contributed by atoms with E-state index in [0.717, 1.165) is 37.3 Å². The molecule has 1 nitrogen and oxygen atoms in total. The molecule has 0 fully saturated rings. The van der Waals surface area contributed by atoms with Gasteiger partial charge in [-0.25, -0.2) is 22.0 Å². The summed E-state index contributed by atoms with van der Waals surface area (Å²) < 4.78 is 143. The molecule has 0 heterocycles. The van der Waals surface area contributed by atoms with E-state index in [1.807, 2.05) is 24.3 Å². The van der Waals surface area contributed by atoms with E-state index >= 15 is 0 Å².